The number of hydrogen-bond donors (Lipinski definition) is 1. The highest BCUT2D eigenvalue weighted by atomic mass is 16.2. The van der Waals surface area contributed by atoms with Crippen molar-refractivity contribution in [1.82, 2.24) is 15.2 Å². The molecule has 0 saturated carbocycles. The standard InChI is InChI=1S/C21H25N3O2/c1-15-3-5-17(6-4-15)12-23-20(25)18-11-19(14-22-13-18)21(26)24-9-7-16(2)8-10-24/h3-6,11,13-14,16H,7-10,12H2,1-2H3,(H,23,25). The number of hydrogen-bond acceptors (Lipinski definition) is 3. The quantitative estimate of drug-likeness (QED) is 0.920. The predicted molar refractivity (Wildman–Crippen MR) is 101 cm³/mol. The number of nitrogens with one attached hydrogen (secondary N) is 1. The molecule has 0 unspecified atom stereocenters. The minimum atomic E-state index is -0.222. The van der Waals surface area contributed by atoms with Gasteiger partial charge in [0, 0.05) is 32.0 Å². The summed E-state index contributed by atoms with van der Waals surface area (Å²) < 4.78 is 0. The van der Waals surface area contributed by atoms with E-state index in [0.717, 1.165) is 31.5 Å². The van der Waals surface area contributed by atoms with Gasteiger partial charge in [0.05, 0.1) is 11.1 Å². The van der Waals surface area contributed by atoms with Crippen LogP contribution < -0.4 is 5.32 Å². The van der Waals surface area contributed by atoms with Gasteiger partial charge in [0.25, 0.3) is 11.8 Å². The van der Waals surface area contributed by atoms with E-state index in [0.29, 0.717) is 23.6 Å². The van der Waals surface area contributed by atoms with Gasteiger partial charge in [-0.05, 0) is 37.3 Å². The van der Waals surface area contributed by atoms with Crippen LogP contribution in [0.1, 0.15) is 51.6 Å². The van der Waals surface area contributed by atoms with Crippen molar-refractivity contribution in [1.29, 1.82) is 0 Å². The molecule has 1 aliphatic heterocycles. The van der Waals surface area contributed by atoms with E-state index < -0.39 is 0 Å². The van der Waals surface area contributed by atoms with Crippen LogP contribution >= 0.6 is 0 Å². The fourth-order valence-electron chi connectivity index (χ4n) is 3.07. The predicted octanol–water partition coefficient (Wildman–Crippen LogP) is 3.19. The van der Waals surface area contributed by atoms with Gasteiger partial charge in [-0.3, -0.25) is 14.6 Å². The van der Waals surface area contributed by atoms with Gasteiger partial charge in [-0.15, -0.1) is 0 Å². The molecule has 1 N–H and O–H groups in total. The summed E-state index contributed by atoms with van der Waals surface area (Å²) in [5.74, 6) is 0.397. The number of aryl methyl sites for hydroxylation is 1. The highest BCUT2D eigenvalue weighted by molar-refractivity contribution is 5.99. The monoisotopic (exact) mass is 351 g/mol. The highest BCUT2D eigenvalue weighted by Crippen LogP contribution is 2.18. The van der Waals surface area contributed by atoms with Crippen LogP contribution in [0.25, 0.3) is 0 Å². The Labute approximate surface area is 154 Å². The van der Waals surface area contributed by atoms with Crippen molar-refractivity contribution < 1.29 is 9.59 Å². The van der Waals surface area contributed by atoms with E-state index in [1.165, 1.54) is 18.0 Å². The van der Waals surface area contributed by atoms with Crippen LogP contribution in [0.3, 0.4) is 0 Å². The summed E-state index contributed by atoms with van der Waals surface area (Å²) in [4.78, 5) is 31.0. The number of pyridine rings is 1. The zero-order chi connectivity index (χ0) is 18.5. The Bertz CT molecular complexity index is 778. The molecule has 0 spiro atoms. The van der Waals surface area contributed by atoms with Gasteiger partial charge >= 0.3 is 0 Å². The molecule has 5 nitrogen and oxygen atoms in total. The van der Waals surface area contributed by atoms with Crippen molar-refractivity contribution in [3.8, 4) is 0 Å². The average Bonchev–Trinajstić information content (AvgIpc) is 2.67. The van der Waals surface area contributed by atoms with Crippen LogP contribution in [0.5, 0.6) is 0 Å². The van der Waals surface area contributed by atoms with Gasteiger partial charge in [-0.1, -0.05) is 36.8 Å². The molecule has 1 saturated heterocycles. The summed E-state index contributed by atoms with van der Waals surface area (Å²) in [6, 6.07) is 9.65. The van der Waals surface area contributed by atoms with E-state index >= 15 is 0 Å². The maximum atomic E-state index is 12.6. The summed E-state index contributed by atoms with van der Waals surface area (Å²) in [5, 5.41) is 2.88. The van der Waals surface area contributed by atoms with Gasteiger partial charge in [-0.25, -0.2) is 0 Å². The molecule has 1 aromatic carbocycles. The molecule has 3 rings (SSSR count). The van der Waals surface area contributed by atoms with Gasteiger partial charge in [-0.2, -0.15) is 0 Å². The van der Waals surface area contributed by atoms with Crippen molar-refractivity contribution in [2.45, 2.75) is 33.2 Å². The minimum Gasteiger partial charge on any atom is -0.348 e. The number of carbonyl (C=O) groups excluding carboxylic acids is 2. The SMILES string of the molecule is Cc1ccc(CNC(=O)c2cncc(C(=O)N3CCC(C)CC3)c2)cc1. The molecule has 5 heteroatoms. The number of rotatable bonds is 4. The van der Waals surface area contributed by atoms with Crippen LogP contribution in [0.2, 0.25) is 0 Å². The molecule has 1 aromatic heterocycles. The van der Waals surface area contributed by atoms with Crippen molar-refractivity contribution >= 4 is 11.8 Å². The molecule has 1 aliphatic rings. The average molecular weight is 351 g/mol. The lowest BCUT2D eigenvalue weighted by atomic mass is 9.98. The Hall–Kier alpha value is -2.69. The van der Waals surface area contributed by atoms with Crippen LogP contribution in [0, 0.1) is 12.8 Å². The Morgan fingerprint density at radius 1 is 1.12 bits per heavy atom. The molecule has 26 heavy (non-hydrogen) atoms. The number of likely N-dealkylation sites (tertiary alicyclic amines) is 1. The second kappa shape index (κ2) is 8.13. The van der Waals surface area contributed by atoms with E-state index in [1.807, 2.05) is 36.1 Å². The first-order chi connectivity index (χ1) is 12.5. The van der Waals surface area contributed by atoms with Crippen molar-refractivity contribution in [2.24, 2.45) is 5.92 Å². The second-order valence-corrected chi connectivity index (χ2v) is 7.11. The maximum absolute atomic E-state index is 12.6. The minimum absolute atomic E-state index is 0.0439. The summed E-state index contributed by atoms with van der Waals surface area (Å²) >= 11 is 0. The number of benzene rings is 1. The largest absolute Gasteiger partial charge is 0.348 e. The summed E-state index contributed by atoms with van der Waals surface area (Å²) in [6.45, 7) is 6.22. The van der Waals surface area contributed by atoms with Gasteiger partial charge in [0.2, 0.25) is 0 Å². The van der Waals surface area contributed by atoms with E-state index in [2.05, 4.69) is 17.2 Å². The normalized spacial score (nSPS) is 14.9. The van der Waals surface area contributed by atoms with Gasteiger partial charge < -0.3 is 10.2 Å². The van der Waals surface area contributed by atoms with E-state index in [4.69, 9.17) is 0 Å². The molecule has 0 radical (unpaired) electrons. The third-order valence-corrected chi connectivity index (χ3v) is 4.89. The molecule has 0 atom stereocenters. The molecule has 2 aromatic rings. The Balaban J connectivity index is 1.63. The highest BCUT2D eigenvalue weighted by Gasteiger charge is 2.22. The number of piperidine rings is 1. The van der Waals surface area contributed by atoms with E-state index in [1.54, 1.807) is 6.07 Å². The Kier molecular flexibility index (Phi) is 5.66. The first kappa shape index (κ1) is 18.1. The molecule has 136 valence electrons. The second-order valence-electron chi connectivity index (χ2n) is 7.11. The first-order valence-electron chi connectivity index (χ1n) is 9.11. The number of aromatic nitrogens is 1. The zero-order valence-corrected chi connectivity index (χ0v) is 15.4. The van der Waals surface area contributed by atoms with Gasteiger partial charge in [0.1, 0.15) is 0 Å². The summed E-state index contributed by atoms with van der Waals surface area (Å²) in [6.07, 6.45) is 5.09. The molecular weight excluding hydrogens is 326 g/mol. The topological polar surface area (TPSA) is 62.3 Å². The molecule has 0 aliphatic carbocycles. The zero-order valence-electron chi connectivity index (χ0n) is 15.4. The van der Waals surface area contributed by atoms with E-state index in [9.17, 15) is 9.59 Å². The third kappa shape index (κ3) is 4.48. The molecule has 2 amide bonds. The lowest BCUT2D eigenvalue weighted by molar-refractivity contribution is 0.0697. The summed E-state index contributed by atoms with van der Waals surface area (Å²) in [7, 11) is 0. The van der Waals surface area contributed by atoms with Crippen molar-refractivity contribution in [3.63, 3.8) is 0 Å². The van der Waals surface area contributed by atoms with Crippen LogP contribution in [0.15, 0.2) is 42.7 Å². The molecule has 1 fully saturated rings. The van der Waals surface area contributed by atoms with Gasteiger partial charge in [0.15, 0.2) is 0 Å². The Morgan fingerprint density at radius 2 is 1.77 bits per heavy atom. The number of nitrogens with zero attached hydrogens (tertiary/aromatic N) is 2. The Morgan fingerprint density at radius 3 is 2.46 bits per heavy atom. The smallest absolute Gasteiger partial charge is 0.255 e. The van der Waals surface area contributed by atoms with Crippen LogP contribution in [-0.2, 0) is 6.54 Å². The van der Waals surface area contributed by atoms with Crippen LogP contribution in [-0.4, -0.2) is 34.8 Å². The lowest BCUT2D eigenvalue weighted by Gasteiger charge is -2.30. The number of carbonyl (C=O) groups is 2. The van der Waals surface area contributed by atoms with Crippen LogP contribution in [0.4, 0.5) is 0 Å². The molecule has 0 bridgehead atoms. The maximum Gasteiger partial charge on any atom is 0.255 e. The number of amides is 2. The third-order valence-electron chi connectivity index (χ3n) is 4.89. The summed E-state index contributed by atoms with van der Waals surface area (Å²) in [5.41, 5.74) is 3.10. The first-order valence-corrected chi connectivity index (χ1v) is 9.11. The van der Waals surface area contributed by atoms with E-state index in [-0.39, 0.29) is 11.8 Å². The van der Waals surface area contributed by atoms with Crippen molar-refractivity contribution in [2.75, 3.05) is 13.1 Å². The molecule has 2 heterocycles. The molecular formula is C21H25N3O2. The lowest BCUT2D eigenvalue weighted by Crippen LogP contribution is -2.38. The fourth-order valence-corrected chi connectivity index (χ4v) is 3.07. The van der Waals surface area contributed by atoms with Crippen molar-refractivity contribution in [3.05, 3.63) is 65.0 Å². The fraction of sp³-hybridized carbons (Fsp3) is 0.381.